The number of likely N-dealkylation sites (tertiary alicyclic amines) is 2. The lowest BCUT2D eigenvalue weighted by Gasteiger charge is -2.41. The lowest BCUT2D eigenvalue weighted by molar-refractivity contribution is 0.0600. The molecule has 0 bridgehead atoms. The largest absolute Gasteiger partial charge is 0.331 e. The van der Waals surface area contributed by atoms with Gasteiger partial charge in [-0.15, -0.1) is 0 Å². The van der Waals surface area contributed by atoms with Crippen molar-refractivity contribution in [2.24, 2.45) is 11.8 Å². The second-order valence-electron chi connectivity index (χ2n) is 6.95. The summed E-state index contributed by atoms with van der Waals surface area (Å²) in [4.78, 5) is 20.2. The number of carbonyl (C=O) groups is 1. The zero-order valence-corrected chi connectivity index (χ0v) is 13.6. The summed E-state index contributed by atoms with van der Waals surface area (Å²) < 4.78 is 26.5. The van der Waals surface area contributed by atoms with Crippen LogP contribution < -0.4 is 0 Å². The van der Waals surface area contributed by atoms with E-state index in [-0.39, 0.29) is 18.8 Å². The van der Waals surface area contributed by atoms with E-state index in [9.17, 15) is 13.6 Å². The minimum Gasteiger partial charge on any atom is -0.331 e. The number of hydrogen-bond donors (Lipinski definition) is 0. The van der Waals surface area contributed by atoms with E-state index < -0.39 is 18.3 Å². The van der Waals surface area contributed by atoms with Gasteiger partial charge in [0.05, 0.1) is 18.8 Å². The predicted octanol–water partition coefficient (Wildman–Crippen LogP) is 2.30. The van der Waals surface area contributed by atoms with Crippen LogP contribution in [-0.2, 0) is 6.54 Å². The lowest BCUT2D eigenvalue weighted by Crippen LogP contribution is -2.48. The van der Waals surface area contributed by atoms with Crippen molar-refractivity contribution in [1.29, 1.82) is 0 Å². The van der Waals surface area contributed by atoms with Crippen LogP contribution in [0, 0.1) is 11.8 Å². The summed E-state index contributed by atoms with van der Waals surface area (Å²) in [5.41, 5.74) is 1.09. The monoisotopic (exact) mass is 323 g/mol. The molecule has 0 aromatic carbocycles. The van der Waals surface area contributed by atoms with Gasteiger partial charge in [-0.05, 0) is 24.0 Å². The first-order valence-electron chi connectivity index (χ1n) is 8.19. The lowest BCUT2D eigenvalue weighted by atomic mass is 9.88. The second kappa shape index (κ2) is 6.51. The number of carbonyl (C=O) groups excluding carboxylic acids is 1. The number of nitrogens with zero attached hydrogens (tertiary/aromatic N) is 3. The van der Waals surface area contributed by atoms with Gasteiger partial charge in [0.25, 0.3) is 5.91 Å². The molecule has 0 radical (unpaired) electrons. The molecule has 126 valence electrons. The van der Waals surface area contributed by atoms with E-state index in [2.05, 4.69) is 23.7 Å². The molecule has 2 aliphatic rings. The Bertz CT molecular complexity index is 565. The maximum atomic E-state index is 13.3. The standard InChI is InChI=1S/C17H23F2N3O/c1-11(2)12-6-21(7-12)8-13-4-3-5-16(20-13)17(23)22-9-14(18)15(19)10-22/h3-5,11-12,14-15H,6-10H2,1-2H3. The van der Waals surface area contributed by atoms with Crippen LogP contribution in [0.4, 0.5) is 8.78 Å². The van der Waals surface area contributed by atoms with Gasteiger partial charge in [-0.2, -0.15) is 0 Å². The van der Waals surface area contributed by atoms with Crippen LogP contribution in [0.3, 0.4) is 0 Å². The van der Waals surface area contributed by atoms with Crippen LogP contribution in [0.5, 0.6) is 0 Å². The van der Waals surface area contributed by atoms with Crippen molar-refractivity contribution in [3.05, 3.63) is 29.6 Å². The quantitative estimate of drug-likeness (QED) is 0.853. The number of hydrogen-bond acceptors (Lipinski definition) is 3. The molecular formula is C17H23F2N3O. The molecule has 2 aliphatic heterocycles. The van der Waals surface area contributed by atoms with Gasteiger partial charge in [0.2, 0.25) is 0 Å². The Morgan fingerprint density at radius 3 is 2.48 bits per heavy atom. The van der Waals surface area contributed by atoms with Gasteiger partial charge in [0.1, 0.15) is 5.69 Å². The van der Waals surface area contributed by atoms with Crippen molar-refractivity contribution in [3.8, 4) is 0 Å². The average molecular weight is 323 g/mol. The Morgan fingerprint density at radius 1 is 1.22 bits per heavy atom. The number of halogens is 2. The summed E-state index contributed by atoms with van der Waals surface area (Å²) in [6, 6.07) is 5.28. The number of amides is 1. The first-order chi connectivity index (χ1) is 10.9. The van der Waals surface area contributed by atoms with E-state index in [0.717, 1.165) is 24.7 Å². The molecule has 1 aromatic heterocycles. The van der Waals surface area contributed by atoms with E-state index in [4.69, 9.17) is 0 Å². The van der Waals surface area contributed by atoms with Gasteiger partial charge in [0, 0.05) is 19.6 Å². The molecule has 2 unspecified atom stereocenters. The van der Waals surface area contributed by atoms with Crippen LogP contribution in [-0.4, -0.2) is 59.2 Å². The van der Waals surface area contributed by atoms with E-state index in [1.54, 1.807) is 12.1 Å². The van der Waals surface area contributed by atoms with Crippen molar-refractivity contribution in [1.82, 2.24) is 14.8 Å². The maximum absolute atomic E-state index is 13.3. The molecule has 2 saturated heterocycles. The second-order valence-corrected chi connectivity index (χ2v) is 6.95. The van der Waals surface area contributed by atoms with Gasteiger partial charge < -0.3 is 4.90 Å². The molecule has 0 saturated carbocycles. The highest BCUT2D eigenvalue weighted by Crippen LogP contribution is 2.25. The number of alkyl halides is 2. The fourth-order valence-electron chi connectivity index (χ4n) is 3.13. The van der Waals surface area contributed by atoms with Crippen LogP contribution in [0.15, 0.2) is 18.2 Å². The average Bonchev–Trinajstić information content (AvgIpc) is 2.81. The Balaban J connectivity index is 1.61. The number of aromatic nitrogens is 1. The zero-order chi connectivity index (χ0) is 16.6. The van der Waals surface area contributed by atoms with Gasteiger partial charge in [-0.1, -0.05) is 19.9 Å². The van der Waals surface area contributed by atoms with E-state index in [1.165, 1.54) is 4.90 Å². The molecule has 4 nitrogen and oxygen atoms in total. The molecule has 0 spiro atoms. The van der Waals surface area contributed by atoms with Crippen LogP contribution >= 0.6 is 0 Å². The molecule has 23 heavy (non-hydrogen) atoms. The predicted molar refractivity (Wildman–Crippen MR) is 83.5 cm³/mol. The van der Waals surface area contributed by atoms with Gasteiger partial charge in [-0.3, -0.25) is 9.69 Å². The van der Waals surface area contributed by atoms with Gasteiger partial charge in [0.15, 0.2) is 12.3 Å². The summed E-state index contributed by atoms with van der Waals surface area (Å²) in [6.07, 6.45) is -3.17. The molecule has 0 aliphatic carbocycles. The van der Waals surface area contributed by atoms with Gasteiger partial charge >= 0.3 is 0 Å². The third kappa shape index (κ3) is 3.52. The Labute approximate surface area is 135 Å². The summed E-state index contributed by atoms with van der Waals surface area (Å²) in [6.45, 7) is 6.90. The highest BCUT2D eigenvalue weighted by Gasteiger charge is 2.36. The molecule has 1 aromatic rings. The van der Waals surface area contributed by atoms with Crippen molar-refractivity contribution >= 4 is 5.91 Å². The normalized spacial score (nSPS) is 25.9. The Hall–Kier alpha value is -1.56. The molecule has 2 atom stereocenters. The van der Waals surface area contributed by atoms with Crippen LogP contribution in [0.1, 0.15) is 30.0 Å². The summed E-state index contributed by atoms with van der Waals surface area (Å²) >= 11 is 0. The molecule has 3 heterocycles. The Morgan fingerprint density at radius 2 is 1.87 bits per heavy atom. The first kappa shape index (κ1) is 16.3. The van der Waals surface area contributed by atoms with Crippen molar-refractivity contribution < 1.29 is 13.6 Å². The van der Waals surface area contributed by atoms with E-state index in [1.807, 2.05) is 6.07 Å². The molecule has 6 heteroatoms. The molecule has 1 amide bonds. The third-order valence-electron chi connectivity index (χ3n) is 4.81. The van der Waals surface area contributed by atoms with Crippen molar-refractivity contribution in [3.63, 3.8) is 0 Å². The van der Waals surface area contributed by atoms with Crippen molar-refractivity contribution in [2.75, 3.05) is 26.2 Å². The summed E-state index contributed by atoms with van der Waals surface area (Å²) in [5, 5.41) is 0. The van der Waals surface area contributed by atoms with Crippen LogP contribution in [0.2, 0.25) is 0 Å². The summed E-state index contributed by atoms with van der Waals surface area (Å²) in [7, 11) is 0. The highest BCUT2D eigenvalue weighted by atomic mass is 19.2. The fraction of sp³-hybridized carbons (Fsp3) is 0.647. The summed E-state index contributed by atoms with van der Waals surface area (Å²) in [5.74, 6) is 1.02. The molecule has 0 N–H and O–H groups in total. The number of rotatable bonds is 4. The molecular weight excluding hydrogens is 300 g/mol. The van der Waals surface area contributed by atoms with Crippen molar-refractivity contribution in [2.45, 2.75) is 32.7 Å². The molecule has 3 rings (SSSR count). The minimum absolute atomic E-state index is 0.186. The first-order valence-corrected chi connectivity index (χ1v) is 8.19. The fourth-order valence-corrected chi connectivity index (χ4v) is 3.13. The maximum Gasteiger partial charge on any atom is 0.272 e. The third-order valence-corrected chi connectivity index (χ3v) is 4.81. The zero-order valence-electron chi connectivity index (χ0n) is 13.6. The topological polar surface area (TPSA) is 36.4 Å². The molecule has 2 fully saturated rings. The SMILES string of the molecule is CC(C)C1CN(Cc2cccc(C(=O)N3CC(F)C(F)C3)n2)C1. The van der Waals surface area contributed by atoms with Gasteiger partial charge in [-0.25, -0.2) is 13.8 Å². The minimum atomic E-state index is -1.59. The Kier molecular flexibility index (Phi) is 4.62. The van der Waals surface area contributed by atoms with Crippen LogP contribution in [0.25, 0.3) is 0 Å². The van der Waals surface area contributed by atoms with E-state index >= 15 is 0 Å². The van der Waals surface area contributed by atoms with E-state index in [0.29, 0.717) is 12.5 Å². The highest BCUT2D eigenvalue weighted by molar-refractivity contribution is 5.92. The number of pyridine rings is 1. The smallest absolute Gasteiger partial charge is 0.272 e.